The number of ether oxygens (including phenoxy) is 2. The normalized spacial score (nSPS) is 17.9. The first kappa shape index (κ1) is 15.6. The van der Waals surface area contributed by atoms with Crippen LogP contribution in [0.3, 0.4) is 0 Å². The van der Waals surface area contributed by atoms with Gasteiger partial charge in [-0.3, -0.25) is 0 Å². The molecule has 1 fully saturated rings. The van der Waals surface area contributed by atoms with Crippen LogP contribution in [0.1, 0.15) is 12.8 Å². The molecular formula is C17H21N3O3. The Hall–Kier alpha value is -2.34. The van der Waals surface area contributed by atoms with Crippen molar-refractivity contribution >= 4 is 5.82 Å². The van der Waals surface area contributed by atoms with Crippen molar-refractivity contribution in [1.82, 2.24) is 10.2 Å². The van der Waals surface area contributed by atoms with Gasteiger partial charge in [-0.2, -0.15) is 0 Å². The Morgan fingerprint density at radius 2 is 1.91 bits per heavy atom. The fourth-order valence-corrected chi connectivity index (χ4v) is 2.81. The van der Waals surface area contributed by atoms with Crippen LogP contribution in [0.2, 0.25) is 0 Å². The number of piperidine rings is 1. The van der Waals surface area contributed by atoms with E-state index in [1.807, 2.05) is 30.3 Å². The summed E-state index contributed by atoms with van der Waals surface area (Å²) in [5.74, 6) is 2.14. The summed E-state index contributed by atoms with van der Waals surface area (Å²) in [7, 11) is 3.22. The molecule has 6 nitrogen and oxygen atoms in total. The smallest absolute Gasteiger partial charge is 0.161 e. The lowest BCUT2D eigenvalue weighted by Crippen LogP contribution is -2.38. The van der Waals surface area contributed by atoms with E-state index in [2.05, 4.69) is 15.1 Å². The van der Waals surface area contributed by atoms with E-state index in [0.717, 1.165) is 36.5 Å². The minimum absolute atomic E-state index is 0.281. The third-order valence-corrected chi connectivity index (χ3v) is 4.05. The molecule has 6 heteroatoms. The first-order valence-electron chi connectivity index (χ1n) is 7.70. The fraction of sp³-hybridized carbons (Fsp3) is 0.412. The number of aliphatic hydroxyl groups is 1. The van der Waals surface area contributed by atoms with Gasteiger partial charge in [0.2, 0.25) is 0 Å². The molecule has 2 heterocycles. The molecule has 0 bridgehead atoms. The monoisotopic (exact) mass is 315 g/mol. The molecule has 122 valence electrons. The third-order valence-electron chi connectivity index (χ3n) is 4.05. The second kappa shape index (κ2) is 6.83. The van der Waals surface area contributed by atoms with Crippen molar-refractivity contribution in [2.75, 3.05) is 32.2 Å². The van der Waals surface area contributed by atoms with E-state index in [-0.39, 0.29) is 6.10 Å². The highest BCUT2D eigenvalue weighted by Crippen LogP contribution is 2.31. The molecule has 0 radical (unpaired) electrons. The second-order valence-electron chi connectivity index (χ2n) is 5.59. The average Bonchev–Trinajstić information content (AvgIpc) is 2.61. The topological polar surface area (TPSA) is 67.7 Å². The molecule has 1 aromatic heterocycles. The van der Waals surface area contributed by atoms with Crippen LogP contribution in [0.5, 0.6) is 11.5 Å². The highest BCUT2D eigenvalue weighted by Gasteiger charge is 2.19. The Labute approximate surface area is 135 Å². The summed E-state index contributed by atoms with van der Waals surface area (Å²) >= 11 is 0. The lowest BCUT2D eigenvalue weighted by atomic mass is 10.1. The molecular weight excluding hydrogens is 294 g/mol. The van der Waals surface area contributed by atoms with Crippen LogP contribution in [-0.4, -0.2) is 48.7 Å². The number of rotatable bonds is 4. The molecule has 0 saturated carbocycles. The number of β-amino-alcohol motifs (C(OH)–C–C–N with tert-alkyl or cyclic N) is 1. The lowest BCUT2D eigenvalue weighted by Gasteiger charge is -2.30. The molecule has 0 spiro atoms. The van der Waals surface area contributed by atoms with Crippen LogP contribution in [0, 0.1) is 0 Å². The van der Waals surface area contributed by atoms with Crippen molar-refractivity contribution in [3.63, 3.8) is 0 Å². The van der Waals surface area contributed by atoms with Gasteiger partial charge in [0.25, 0.3) is 0 Å². The minimum atomic E-state index is -0.281. The van der Waals surface area contributed by atoms with Gasteiger partial charge < -0.3 is 19.5 Å². The molecule has 2 aromatic rings. The van der Waals surface area contributed by atoms with Gasteiger partial charge in [-0.05, 0) is 43.2 Å². The summed E-state index contributed by atoms with van der Waals surface area (Å²) < 4.78 is 10.6. The van der Waals surface area contributed by atoms with Gasteiger partial charge in [-0.25, -0.2) is 0 Å². The van der Waals surface area contributed by atoms with Gasteiger partial charge in [0, 0.05) is 18.7 Å². The molecule has 1 N–H and O–H groups in total. The van der Waals surface area contributed by atoms with Gasteiger partial charge in [0.1, 0.15) is 0 Å². The van der Waals surface area contributed by atoms with E-state index < -0.39 is 0 Å². The highest BCUT2D eigenvalue weighted by atomic mass is 16.5. The number of hydrogen-bond donors (Lipinski definition) is 1. The van der Waals surface area contributed by atoms with Crippen LogP contribution < -0.4 is 14.4 Å². The molecule has 1 aliphatic heterocycles. The Balaban J connectivity index is 1.82. The zero-order chi connectivity index (χ0) is 16.2. The molecule has 3 rings (SSSR count). The molecule has 1 unspecified atom stereocenters. The van der Waals surface area contributed by atoms with Crippen LogP contribution in [0.4, 0.5) is 5.82 Å². The van der Waals surface area contributed by atoms with E-state index in [0.29, 0.717) is 18.0 Å². The summed E-state index contributed by atoms with van der Waals surface area (Å²) in [5.41, 5.74) is 1.69. The summed E-state index contributed by atoms with van der Waals surface area (Å²) in [6, 6.07) is 9.54. The predicted octanol–water partition coefficient (Wildman–Crippen LogP) is 2.12. The van der Waals surface area contributed by atoms with Crippen LogP contribution in [0.15, 0.2) is 30.3 Å². The van der Waals surface area contributed by atoms with Crippen molar-refractivity contribution in [2.45, 2.75) is 18.9 Å². The zero-order valence-corrected chi connectivity index (χ0v) is 13.4. The van der Waals surface area contributed by atoms with Crippen molar-refractivity contribution in [3.8, 4) is 22.8 Å². The van der Waals surface area contributed by atoms with Gasteiger partial charge in [-0.15, -0.1) is 10.2 Å². The molecule has 1 saturated heterocycles. The molecule has 23 heavy (non-hydrogen) atoms. The average molecular weight is 315 g/mol. The molecule has 0 aliphatic carbocycles. The number of nitrogens with zero attached hydrogens (tertiary/aromatic N) is 3. The van der Waals surface area contributed by atoms with Crippen LogP contribution in [-0.2, 0) is 0 Å². The summed E-state index contributed by atoms with van der Waals surface area (Å²) in [6.07, 6.45) is 1.55. The largest absolute Gasteiger partial charge is 0.493 e. The van der Waals surface area contributed by atoms with Crippen LogP contribution >= 0.6 is 0 Å². The Morgan fingerprint density at radius 1 is 1.09 bits per heavy atom. The summed E-state index contributed by atoms with van der Waals surface area (Å²) in [5, 5.41) is 18.4. The predicted molar refractivity (Wildman–Crippen MR) is 88.0 cm³/mol. The number of methoxy groups -OCH3 is 2. The van der Waals surface area contributed by atoms with Crippen molar-refractivity contribution in [1.29, 1.82) is 0 Å². The number of aromatic nitrogens is 2. The molecule has 1 aromatic carbocycles. The minimum Gasteiger partial charge on any atom is -0.493 e. The maximum Gasteiger partial charge on any atom is 0.161 e. The fourth-order valence-electron chi connectivity index (χ4n) is 2.81. The Bertz CT molecular complexity index is 661. The van der Waals surface area contributed by atoms with E-state index in [1.54, 1.807) is 14.2 Å². The first-order chi connectivity index (χ1) is 11.2. The number of hydrogen-bond acceptors (Lipinski definition) is 6. The van der Waals surface area contributed by atoms with Gasteiger partial charge in [-0.1, -0.05) is 0 Å². The maximum atomic E-state index is 9.76. The molecule has 0 amide bonds. The van der Waals surface area contributed by atoms with Crippen molar-refractivity contribution < 1.29 is 14.6 Å². The SMILES string of the molecule is COc1ccc(-c2ccc(N3CCCC(O)C3)nn2)cc1OC. The Kier molecular flexibility index (Phi) is 4.62. The molecule has 1 atom stereocenters. The standard InChI is InChI=1S/C17H21N3O3/c1-22-15-7-5-12(10-16(15)23-2)14-6-8-17(19-18-14)20-9-3-4-13(21)11-20/h5-8,10,13,21H,3-4,9,11H2,1-2H3. The molecule has 1 aliphatic rings. The highest BCUT2D eigenvalue weighted by molar-refractivity contribution is 5.64. The second-order valence-corrected chi connectivity index (χ2v) is 5.59. The third kappa shape index (κ3) is 3.37. The van der Waals surface area contributed by atoms with E-state index in [1.165, 1.54) is 0 Å². The van der Waals surface area contributed by atoms with Crippen LogP contribution in [0.25, 0.3) is 11.3 Å². The van der Waals surface area contributed by atoms with Gasteiger partial charge in [0.15, 0.2) is 17.3 Å². The van der Waals surface area contributed by atoms with E-state index in [4.69, 9.17) is 9.47 Å². The Morgan fingerprint density at radius 3 is 2.57 bits per heavy atom. The quantitative estimate of drug-likeness (QED) is 0.932. The zero-order valence-electron chi connectivity index (χ0n) is 13.4. The van der Waals surface area contributed by atoms with E-state index in [9.17, 15) is 5.11 Å². The van der Waals surface area contributed by atoms with Gasteiger partial charge >= 0.3 is 0 Å². The van der Waals surface area contributed by atoms with Crippen molar-refractivity contribution in [3.05, 3.63) is 30.3 Å². The summed E-state index contributed by atoms with van der Waals surface area (Å²) in [4.78, 5) is 2.07. The number of aliphatic hydroxyl groups excluding tert-OH is 1. The number of benzene rings is 1. The van der Waals surface area contributed by atoms with Crippen molar-refractivity contribution in [2.24, 2.45) is 0 Å². The first-order valence-corrected chi connectivity index (χ1v) is 7.70. The lowest BCUT2D eigenvalue weighted by molar-refractivity contribution is 0.154. The van der Waals surface area contributed by atoms with E-state index >= 15 is 0 Å². The maximum absolute atomic E-state index is 9.76. The number of anilines is 1. The van der Waals surface area contributed by atoms with Gasteiger partial charge in [0.05, 0.1) is 26.0 Å². The summed E-state index contributed by atoms with van der Waals surface area (Å²) in [6.45, 7) is 1.52.